The van der Waals surface area contributed by atoms with E-state index in [4.69, 9.17) is 9.72 Å². The van der Waals surface area contributed by atoms with Crippen molar-refractivity contribution in [3.63, 3.8) is 0 Å². The zero-order valence-electron chi connectivity index (χ0n) is 25.6. The summed E-state index contributed by atoms with van der Waals surface area (Å²) >= 11 is 0. The number of halogens is 1. The van der Waals surface area contributed by atoms with Gasteiger partial charge in [0.2, 0.25) is 0 Å². The molecule has 226 valence electrons. The number of hydrogen-bond acceptors (Lipinski definition) is 2. The highest BCUT2D eigenvalue weighted by Crippen LogP contribution is 2.50. The molecule has 0 aliphatic carbocycles. The first-order valence-electron chi connectivity index (χ1n) is 16.1. The molecule has 0 N–H and O–H groups in total. The second kappa shape index (κ2) is 12.5. The molecule has 5 atom stereocenters. The Morgan fingerprint density at radius 3 is 2.22 bits per heavy atom. The molecule has 45 heavy (non-hydrogen) atoms. The Morgan fingerprint density at radius 2 is 1.49 bits per heavy atom. The monoisotopic (exact) mass is 654 g/mol. The van der Waals surface area contributed by atoms with Gasteiger partial charge < -0.3 is 26.2 Å². The molecule has 4 heterocycles. The smallest absolute Gasteiger partial charge is 0.135 e. The van der Waals surface area contributed by atoms with Crippen molar-refractivity contribution in [3.8, 4) is 0 Å². The van der Waals surface area contributed by atoms with Crippen LogP contribution in [-0.2, 0) is 17.9 Å². The number of fused-ring (bicyclic) bond motifs is 6. The Labute approximate surface area is 276 Å². The van der Waals surface area contributed by atoms with Crippen LogP contribution in [0.2, 0.25) is 0 Å². The first-order valence-corrected chi connectivity index (χ1v) is 16.1. The summed E-state index contributed by atoms with van der Waals surface area (Å²) in [5.41, 5.74) is 4.97. The molecule has 3 fully saturated rings. The van der Waals surface area contributed by atoms with Crippen LogP contribution in [0.15, 0.2) is 134 Å². The van der Waals surface area contributed by atoms with Gasteiger partial charge in [0.15, 0.2) is 0 Å². The molecule has 3 nitrogen and oxygen atoms in total. The molecule has 3 aliphatic heterocycles. The number of nitrogens with zero attached hydrogens (tertiary/aromatic N) is 2. The largest absolute Gasteiger partial charge is 1.00 e. The van der Waals surface area contributed by atoms with Crippen LogP contribution in [0.1, 0.15) is 35.6 Å². The molecule has 3 unspecified atom stereocenters. The number of rotatable bonds is 8. The summed E-state index contributed by atoms with van der Waals surface area (Å²) in [4.78, 5) is 4.74. The van der Waals surface area contributed by atoms with E-state index in [1.165, 1.54) is 50.0 Å². The first-order chi connectivity index (χ1) is 21.7. The lowest BCUT2D eigenvalue weighted by atomic mass is 9.70. The molecule has 0 saturated carbocycles. The predicted molar refractivity (Wildman–Crippen MR) is 181 cm³/mol. The fourth-order valence-corrected chi connectivity index (χ4v) is 8.49. The maximum atomic E-state index is 7.15. The van der Waals surface area contributed by atoms with Gasteiger partial charge in [-0.1, -0.05) is 103 Å². The Kier molecular flexibility index (Phi) is 8.31. The summed E-state index contributed by atoms with van der Waals surface area (Å²) in [5.74, 6) is 1.16. The Bertz CT molecular complexity index is 1910. The highest BCUT2D eigenvalue weighted by molar-refractivity contribution is 6.02. The van der Waals surface area contributed by atoms with Crippen molar-refractivity contribution in [2.45, 2.75) is 38.1 Å². The van der Waals surface area contributed by atoms with E-state index in [9.17, 15) is 0 Å². The third kappa shape index (κ3) is 5.39. The third-order valence-electron chi connectivity index (χ3n) is 10.6. The second-order valence-corrected chi connectivity index (χ2v) is 13.0. The van der Waals surface area contributed by atoms with E-state index >= 15 is 0 Å². The molecule has 0 spiro atoms. The predicted octanol–water partition coefficient (Wildman–Crippen LogP) is 6.41. The quantitative estimate of drug-likeness (QED) is 0.107. The number of quaternary nitrogens is 1. The maximum absolute atomic E-state index is 7.15. The van der Waals surface area contributed by atoms with Crippen molar-refractivity contribution in [1.82, 2.24) is 4.98 Å². The van der Waals surface area contributed by atoms with Gasteiger partial charge in [-0.25, -0.2) is 0 Å². The molecule has 0 amide bonds. The number of ether oxygens (including phenoxy) is 1. The van der Waals surface area contributed by atoms with Gasteiger partial charge in [-0.2, -0.15) is 0 Å². The number of aromatic nitrogens is 1. The molecule has 2 bridgehead atoms. The molecule has 3 aliphatic rings. The number of piperidine rings is 3. The lowest BCUT2D eigenvalue weighted by molar-refractivity contribution is -0.984. The molecule has 3 saturated heterocycles. The minimum absolute atomic E-state index is 0. The summed E-state index contributed by atoms with van der Waals surface area (Å²) in [6.07, 6.45) is 6.53. The molecular formula is C41H39BrN2O. The van der Waals surface area contributed by atoms with Crippen LogP contribution in [0.3, 0.4) is 0 Å². The molecule has 6 aromatic rings. The molecular weight excluding hydrogens is 616 g/mol. The van der Waals surface area contributed by atoms with Gasteiger partial charge >= 0.3 is 0 Å². The zero-order chi connectivity index (χ0) is 29.5. The Morgan fingerprint density at radius 1 is 0.822 bits per heavy atom. The molecule has 0 radical (unpaired) electrons. The molecule has 9 rings (SSSR count). The van der Waals surface area contributed by atoms with Crippen LogP contribution >= 0.6 is 0 Å². The van der Waals surface area contributed by atoms with Gasteiger partial charge in [-0.3, -0.25) is 4.98 Å². The fraction of sp³-hybridized carbons (Fsp3) is 0.244. The van der Waals surface area contributed by atoms with Crippen LogP contribution < -0.4 is 17.0 Å². The van der Waals surface area contributed by atoms with E-state index in [1.54, 1.807) is 0 Å². The number of para-hydroxylation sites is 1. The minimum Gasteiger partial charge on any atom is -1.00 e. The highest BCUT2D eigenvalue weighted by Gasteiger charge is 2.55. The van der Waals surface area contributed by atoms with E-state index < -0.39 is 0 Å². The summed E-state index contributed by atoms with van der Waals surface area (Å²) in [7, 11) is 0. The fourth-order valence-electron chi connectivity index (χ4n) is 8.49. The minimum atomic E-state index is -0.0575. The lowest BCUT2D eigenvalue weighted by Gasteiger charge is -2.58. The van der Waals surface area contributed by atoms with Crippen molar-refractivity contribution in [3.05, 3.63) is 151 Å². The summed E-state index contributed by atoms with van der Waals surface area (Å²) < 4.78 is 8.17. The van der Waals surface area contributed by atoms with E-state index in [2.05, 4.69) is 128 Å². The number of pyridine rings is 1. The summed E-state index contributed by atoms with van der Waals surface area (Å²) in [6.45, 7) is 8.17. The maximum Gasteiger partial charge on any atom is 0.135 e. The number of benzene rings is 5. The summed E-state index contributed by atoms with van der Waals surface area (Å²) in [5, 5.41) is 6.58. The van der Waals surface area contributed by atoms with Crippen LogP contribution in [0.5, 0.6) is 0 Å². The van der Waals surface area contributed by atoms with Gasteiger partial charge in [0.05, 0.1) is 25.2 Å². The van der Waals surface area contributed by atoms with Crippen LogP contribution in [0.25, 0.3) is 32.4 Å². The van der Waals surface area contributed by atoms with Crippen molar-refractivity contribution in [1.29, 1.82) is 0 Å². The zero-order valence-corrected chi connectivity index (χ0v) is 27.2. The van der Waals surface area contributed by atoms with Crippen LogP contribution in [0.4, 0.5) is 0 Å². The van der Waals surface area contributed by atoms with E-state index in [1.807, 2.05) is 6.20 Å². The van der Waals surface area contributed by atoms with Crippen LogP contribution in [-0.4, -0.2) is 28.6 Å². The van der Waals surface area contributed by atoms with Gasteiger partial charge in [0, 0.05) is 35.9 Å². The van der Waals surface area contributed by atoms with Gasteiger partial charge in [0.1, 0.15) is 18.7 Å². The van der Waals surface area contributed by atoms with E-state index in [0.717, 1.165) is 36.1 Å². The molecule has 1 aromatic heterocycles. The Hall–Kier alpha value is -3.83. The SMILES string of the molecule is C=CC1C[N+]2(Cc3c4ccccc4cc4ccccc34)CCC1C[C@H]2[C@H](OCc1ccccc1)c1ccnc2ccccc12.[Br-]. The molecule has 5 aromatic carbocycles. The van der Waals surface area contributed by atoms with Crippen LogP contribution in [0, 0.1) is 11.8 Å². The topological polar surface area (TPSA) is 22.1 Å². The van der Waals surface area contributed by atoms with E-state index in [0.29, 0.717) is 24.5 Å². The van der Waals surface area contributed by atoms with E-state index in [-0.39, 0.29) is 23.1 Å². The van der Waals surface area contributed by atoms with Gasteiger partial charge in [-0.15, -0.1) is 6.58 Å². The number of hydrogen-bond donors (Lipinski definition) is 0. The lowest BCUT2D eigenvalue weighted by Crippen LogP contribution is -3.00. The normalized spacial score (nSPS) is 23.2. The molecule has 4 heteroatoms. The average Bonchev–Trinajstić information content (AvgIpc) is 3.09. The Balaban J connectivity index is 0.00000325. The van der Waals surface area contributed by atoms with Crippen molar-refractivity contribution in [2.75, 3.05) is 13.1 Å². The highest BCUT2D eigenvalue weighted by atomic mass is 79.9. The summed E-state index contributed by atoms with van der Waals surface area (Å²) in [6, 6.07) is 42.0. The van der Waals surface area contributed by atoms with Crippen molar-refractivity contribution < 1.29 is 26.2 Å². The first kappa shape index (κ1) is 29.9. The van der Waals surface area contributed by atoms with Gasteiger partial charge in [0.25, 0.3) is 0 Å². The average molecular weight is 656 g/mol. The standard InChI is InChI=1S/C41H39N2O.BrH/c1-2-30-26-43(27-38-34-16-8-6-14-32(34)24-33-15-7-9-17-35(33)38)23-21-31(30)25-40(43)41(44-28-29-12-4-3-5-13-29)37-20-22-42-39-19-11-10-18-36(37)39;/h2-20,22,24,30-31,40-41H,1,21,23,25-28H2;1H/q+1;/p-1/t30?,31?,40-,41+,43?;/m0./s1. The van der Waals surface area contributed by atoms with Gasteiger partial charge in [-0.05, 0) is 56.8 Å². The van der Waals surface area contributed by atoms with Crippen molar-refractivity contribution >= 4 is 32.4 Å². The third-order valence-corrected chi connectivity index (χ3v) is 10.6. The van der Waals surface area contributed by atoms with Crippen molar-refractivity contribution in [2.24, 2.45) is 11.8 Å². The second-order valence-electron chi connectivity index (χ2n) is 13.0.